The average molecular weight is 331 g/mol. The van der Waals surface area contributed by atoms with E-state index in [9.17, 15) is 4.79 Å². The normalized spacial score (nSPS) is 15.2. The van der Waals surface area contributed by atoms with Crippen LogP contribution in [0, 0.1) is 5.92 Å². The number of carbonyl (C=O) groups is 1. The van der Waals surface area contributed by atoms with E-state index in [1.54, 1.807) is 0 Å². The largest absolute Gasteiger partial charge is 0.450 e. The number of benzene rings is 1. The number of rotatable bonds is 10. The zero-order valence-electron chi connectivity index (χ0n) is 15.0. The Bertz CT molecular complexity index is 440. The molecule has 0 aromatic heterocycles. The molecule has 0 bridgehead atoms. The summed E-state index contributed by atoms with van der Waals surface area (Å²) >= 11 is 0. The highest BCUT2D eigenvalue weighted by atomic mass is 16.5. The lowest BCUT2D eigenvalue weighted by Gasteiger charge is -2.21. The molecule has 1 aromatic rings. The van der Waals surface area contributed by atoms with Gasteiger partial charge in [-0.05, 0) is 37.2 Å². The highest BCUT2D eigenvalue weighted by molar-refractivity contribution is 5.66. The predicted molar refractivity (Wildman–Crippen MR) is 99.2 cm³/mol. The van der Waals surface area contributed by atoms with Gasteiger partial charge in [0.25, 0.3) is 0 Å². The highest BCUT2D eigenvalue weighted by Crippen LogP contribution is 2.25. The van der Waals surface area contributed by atoms with Crippen LogP contribution in [0.4, 0.5) is 4.79 Å². The van der Waals surface area contributed by atoms with Crippen molar-refractivity contribution in [2.75, 3.05) is 13.2 Å². The lowest BCUT2D eigenvalue weighted by Crippen LogP contribution is -2.27. The molecule has 3 heteroatoms. The van der Waals surface area contributed by atoms with E-state index in [1.165, 1.54) is 50.5 Å². The zero-order chi connectivity index (χ0) is 16.9. The molecule has 3 nitrogen and oxygen atoms in total. The summed E-state index contributed by atoms with van der Waals surface area (Å²) in [5.41, 5.74) is 1.41. The molecule has 134 valence electrons. The van der Waals surface area contributed by atoms with Crippen molar-refractivity contribution in [1.82, 2.24) is 5.32 Å². The molecule has 0 aliphatic heterocycles. The van der Waals surface area contributed by atoms with E-state index in [4.69, 9.17) is 4.74 Å². The molecule has 0 spiro atoms. The molecule has 1 fully saturated rings. The van der Waals surface area contributed by atoms with Gasteiger partial charge in [0.1, 0.15) is 0 Å². The summed E-state index contributed by atoms with van der Waals surface area (Å²) in [5.74, 6) is 0.809. The number of carbonyl (C=O) groups excluding carboxylic acids is 1. The third-order valence-corrected chi connectivity index (χ3v) is 4.98. The van der Waals surface area contributed by atoms with Gasteiger partial charge in [0.05, 0.1) is 6.61 Å². The first-order chi connectivity index (χ1) is 11.8. The summed E-state index contributed by atoms with van der Waals surface area (Å²) in [6, 6.07) is 10.6. The molecule has 0 heterocycles. The van der Waals surface area contributed by atoms with Gasteiger partial charge in [-0.1, -0.05) is 75.3 Å². The molecule has 1 aliphatic rings. The Kier molecular flexibility index (Phi) is 9.36. The van der Waals surface area contributed by atoms with Crippen molar-refractivity contribution in [2.24, 2.45) is 5.92 Å². The standard InChI is InChI=1S/C21H33NO2/c23-21(22-17-16-20-14-8-4-9-15-20)24-18-10-2-1-5-11-19-12-6-3-7-13-19/h3,6-7,12-13,20H,1-2,4-5,8-11,14-18H2,(H,22,23). The number of aryl methyl sites for hydroxylation is 1. The second kappa shape index (κ2) is 11.9. The number of amides is 1. The molecular formula is C21H33NO2. The molecule has 1 aromatic carbocycles. The number of hydrogen-bond donors (Lipinski definition) is 1. The van der Waals surface area contributed by atoms with Gasteiger partial charge >= 0.3 is 6.09 Å². The Morgan fingerprint density at radius 3 is 2.54 bits per heavy atom. The summed E-state index contributed by atoms with van der Waals surface area (Å²) in [7, 11) is 0. The van der Waals surface area contributed by atoms with Crippen molar-refractivity contribution in [1.29, 1.82) is 0 Å². The van der Waals surface area contributed by atoms with Crippen molar-refractivity contribution in [3.05, 3.63) is 35.9 Å². The summed E-state index contributed by atoms with van der Waals surface area (Å²) < 4.78 is 5.25. The van der Waals surface area contributed by atoms with E-state index in [2.05, 4.69) is 35.6 Å². The minimum atomic E-state index is -0.241. The molecule has 24 heavy (non-hydrogen) atoms. The highest BCUT2D eigenvalue weighted by Gasteiger charge is 2.13. The van der Waals surface area contributed by atoms with E-state index < -0.39 is 0 Å². The van der Waals surface area contributed by atoms with Crippen LogP contribution in [-0.4, -0.2) is 19.2 Å². The van der Waals surface area contributed by atoms with Gasteiger partial charge in [-0.2, -0.15) is 0 Å². The second-order valence-corrected chi connectivity index (χ2v) is 7.01. The number of unbranched alkanes of at least 4 members (excludes halogenated alkanes) is 3. The van der Waals surface area contributed by atoms with Crippen molar-refractivity contribution < 1.29 is 9.53 Å². The Morgan fingerprint density at radius 2 is 1.75 bits per heavy atom. The van der Waals surface area contributed by atoms with Crippen LogP contribution in [0.15, 0.2) is 30.3 Å². The van der Waals surface area contributed by atoms with Crippen LogP contribution in [0.5, 0.6) is 0 Å². The topological polar surface area (TPSA) is 38.3 Å². The summed E-state index contributed by atoms with van der Waals surface area (Å²) in [6.07, 6.45) is 13.3. The maximum atomic E-state index is 11.6. The molecule has 2 rings (SSSR count). The fourth-order valence-corrected chi connectivity index (χ4v) is 3.50. The predicted octanol–water partition coefficient (Wildman–Crippen LogP) is 5.49. The Balaban J connectivity index is 1.38. The van der Waals surface area contributed by atoms with E-state index in [-0.39, 0.29) is 6.09 Å². The first kappa shape index (κ1) is 18.8. The average Bonchev–Trinajstić information content (AvgIpc) is 2.63. The van der Waals surface area contributed by atoms with Crippen LogP contribution >= 0.6 is 0 Å². The third kappa shape index (κ3) is 8.37. The van der Waals surface area contributed by atoms with Gasteiger partial charge in [0.2, 0.25) is 0 Å². The first-order valence-corrected chi connectivity index (χ1v) is 9.79. The van der Waals surface area contributed by atoms with Gasteiger partial charge in [0.15, 0.2) is 0 Å². The smallest absolute Gasteiger partial charge is 0.407 e. The van der Waals surface area contributed by atoms with Crippen molar-refractivity contribution >= 4 is 6.09 Å². The lowest BCUT2D eigenvalue weighted by atomic mass is 9.87. The van der Waals surface area contributed by atoms with Gasteiger partial charge in [0, 0.05) is 6.54 Å². The number of ether oxygens (including phenoxy) is 1. The molecule has 1 saturated carbocycles. The monoisotopic (exact) mass is 331 g/mol. The lowest BCUT2D eigenvalue weighted by molar-refractivity contribution is 0.143. The Morgan fingerprint density at radius 1 is 1.00 bits per heavy atom. The van der Waals surface area contributed by atoms with Gasteiger partial charge in [-0.15, -0.1) is 0 Å². The molecule has 0 saturated heterocycles. The molecule has 0 unspecified atom stereocenters. The minimum Gasteiger partial charge on any atom is -0.450 e. The maximum Gasteiger partial charge on any atom is 0.407 e. The van der Waals surface area contributed by atoms with E-state index >= 15 is 0 Å². The summed E-state index contributed by atoms with van der Waals surface area (Å²) in [5, 5.41) is 2.89. The van der Waals surface area contributed by atoms with Gasteiger partial charge < -0.3 is 10.1 Å². The van der Waals surface area contributed by atoms with Crippen LogP contribution in [0.25, 0.3) is 0 Å². The van der Waals surface area contributed by atoms with Crippen LogP contribution in [-0.2, 0) is 11.2 Å². The molecule has 0 atom stereocenters. The summed E-state index contributed by atoms with van der Waals surface area (Å²) in [6.45, 7) is 1.31. The zero-order valence-corrected chi connectivity index (χ0v) is 15.0. The van der Waals surface area contributed by atoms with E-state index in [1.807, 2.05) is 0 Å². The Labute approximate surface area is 147 Å². The van der Waals surface area contributed by atoms with E-state index in [0.29, 0.717) is 6.61 Å². The molecule has 1 amide bonds. The molecule has 1 aliphatic carbocycles. The SMILES string of the molecule is O=C(NCCC1CCCCC1)OCCCCCCc1ccccc1. The maximum absolute atomic E-state index is 11.6. The van der Waals surface area contributed by atoms with Gasteiger partial charge in [-0.3, -0.25) is 0 Å². The van der Waals surface area contributed by atoms with Crippen LogP contribution < -0.4 is 5.32 Å². The van der Waals surface area contributed by atoms with Crippen molar-refractivity contribution in [3.8, 4) is 0 Å². The molecule has 0 radical (unpaired) electrons. The fraction of sp³-hybridized carbons (Fsp3) is 0.667. The van der Waals surface area contributed by atoms with Crippen LogP contribution in [0.1, 0.15) is 69.8 Å². The van der Waals surface area contributed by atoms with Crippen LogP contribution in [0.3, 0.4) is 0 Å². The number of nitrogens with one attached hydrogen (secondary N) is 1. The third-order valence-electron chi connectivity index (χ3n) is 4.98. The number of hydrogen-bond acceptors (Lipinski definition) is 2. The first-order valence-electron chi connectivity index (χ1n) is 9.79. The minimum absolute atomic E-state index is 0.241. The Hall–Kier alpha value is -1.51. The number of alkyl carbamates (subject to hydrolysis) is 1. The van der Waals surface area contributed by atoms with Gasteiger partial charge in [-0.25, -0.2) is 4.79 Å². The second-order valence-electron chi connectivity index (χ2n) is 7.01. The fourth-order valence-electron chi connectivity index (χ4n) is 3.50. The van der Waals surface area contributed by atoms with Crippen LogP contribution in [0.2, 0.25) is 0 Å². The van der Waals surface area contributed by atoms with E-state index in [0.717, 1.165) is 38.1 Å². The molecule has 1 N–H and O–H groups in total. The van der Waals surface area contributed by atoms with Crippen molar-refractivity contribution in [2.45, 2.75) is 70.6 Å². The molecular weight excluding hydrogens is 298 g/mol. The quantitative estimate of drug-likeness (QED) is 0.576. The summed E-state index contributed by atoms with van der Waals surface area (Å²) in [4.78, 5) is 11.6. The van der Waals surface area contributed by atoms with Crippen molar-refractivity contribution in [3.63, 3.8) is 0 Å².